The van der Waals surface area contributed by atoms with E-state index < -0.39 is 0 Å². The summed E-state index contributed by atoms with van der Waals surface area (Å²) >= 11 is 1.46. The Morgan fingerprint density at radius 2 is 2.27 bits per heavy atom. The van der Waals surface area contributed by atoms with Crippen LogP contribution in [0.15, 0.2) is 34.3 Å². The molecule has 1 aromatic rings. The topological polar surface area (TPSA) is 67.8 Å². The van der Waals surface area contributed by atoms with E-state index in [4.69, 9.17) is 15.7 Å². The van der Waals surface area contributed by atoms with Crippen molar-refractivity contribution in [3.63, 3.8) is 0 Å². The van der Waals surface area contributed by atoms with Gasteiger partial charge in [-0.25, -0.2) is 0 Å². The van der Waals surface area contributed by atoms with Gasteiger partial charge in [0.05, 0.1) is 12.9 Å². The maximum atomic E-state index is 8.36. The van der Waals surface area contributed by atoms with Crippen LogP contribution >= 0.6 is 11.8 Å². The van der Waals surface area contributed by atoms with Crippen LogP contribution in [0.25, 0.3) is 0 Å². The van der Waals surface area contributed by atoms with Crippen molar-refractivity contribution in [2.24, 2.45) is 10.9 Å². The lowest BCUT2D eigenvalue weighted by Gasteiger charge is -2.06. The zero-order valence-corrected chi connectivity index (χ0v) is 9.76. The van der Waals surface area contributed by atoms with Crippen LogP contribution in [0.3, 0.4) is 0 Å². The van der Waals surface area contributed by atoms with Gasteiger partial charge >= 0.3 is 1.43 Å². The fraction of sp³-hybridized carbons (Fsp3) is 0.222. The second-order valence-corrected chi connectivity index (χ2v) is 3.55. The van der Waals surface area contributed by atoms with Crippen LogP contribution in [0.1, 0.15) is 1.43 Å². The molecule has 15 heavy (non-hydrogen) atoms. The molecule has 0 fully saturated rings. The summed E-state index contributed by atoms with van der Waals surface area (Å²) in [6.45, 7) is 0. The molecule has 0 saturated carbocycles. The third-order valence-corrected chi connectivity index (χ3v) is 2.66. The number of nitrogens with zero attached hydrogens (tertiary/aromatic N) is 1. The molecule has 0 unspecified atom stereocenters. The molecule has 0 radical (unpaired) electrons. The number of halogens is 1. The Hall–Kier alpha value is -1.07. The van der Waals surface area contributed by atoms with Crippen LogP contribution in [-0.4, -0.2) is 23.9 Å². The lowest BCUT2D eigenvalue weighted by Crippen LogP contribution is -3.00. The van der Waals surface area contributed by atoms with Crippen molar-refractivity contribution >= 4 is 17.6 Å². The minimum atomic E-state index is 0. The molecular weight excluding hydrogens is 236 g/mol. The van der Waals surface area contributed by atoms with Gasteiger partial charge in [0, 0.05) is 4.90 Å². The van der Waals surface area contributed by atoms with E-state index in [1.165, 1.54) is 11.8 Å². The van der Waals surface area contributed by atoms with Gasteiger partial charge in [0.25, 0.3) is 0 Å². The number of benzene rings is 1. The van der Waals surface area contributed by atoms with Crippen molar-refractivity contribution in [1.82, 2.24) is 0 Å². The quantitative estimate of drug-likeness (QED) is 0.227. The van der Waals surface area contributed by atoms with Gasteiger partial charge < -0.3 is 28.1 Å². The molecule has 6 heteroatoms. The van der Waals surface area contributed by atoms with Crippen LogP contribution in [-0.2, 0) is 0 Å². The number of oxime groups is 1. The summed E-state index contributed by atoms with van der Waals surface area (Å²) < 4.78 is 5.15. The van der Waals surface area contributed by atoms with Crippen LogP contribution < -0.4 is 22.9 Å². The molecule has 1 aromatic carbocycles. The van der Waals surface area contributed by atoms with Gasteiger partial charge in [0.2, 0.25) is 0 Å². The van der Waals surface area contributed by atoms with Crippen LogP contribution in [0.4, 0.5) is 0 Å². The second kappa shape index (κ2) is 7.25. The van der Waals surface area contributed by atoms with Gasteiger partial charge in [-0.15, -0.1) is 11.8 Å². The summed E-state index contributed by atoms with van der Waals surface area (Å²) in [5, 5.41) is 11.2. The highest BCUT2D eigenvalue weighted by Gasteiger charge is 2.02. The summed E-state index contributed by atoms with van der Waals surface area (Å²) in [5.41, 5.74) is 5.35. The van der Waals surface area contributed by atoms with Gasteiger partial charge in [-0.05, 0) is 12.1 Å². The molecule has 4 nitrogen and oxygen atoms in total. The Labute approximate surface area is 100 Å². The van der Waals surface area contributed by atoms with Crippen LogP contribution in [0, 0.1) is 0 Å². The Morgan fingerprint density at radius 1 is 1.60 bits per heavy atom. The number of hydrogen-bond donors (Lipinski definition) is 2. The van der Waals surface area contributed by atoms with E-state index in [0.29, 0.717) is 5.75 Å². The normalized spacial score (nSPS) is 10.6. The number of amidine groups is 1. The molecule has 0 aromatic heterocycles. The maximum Gasteiger partial charge on any atom is 1.00 e. The number of nitrogens with two attached hydrogens (primary N) is 1. The molecule has 0 spiro atoms. The van der Waals surface area contributed by atoms with Gasteiger partial charge in [-0.2, -0.15) is 0 Å². The standard InChI is InChI=1S/C9H12N2O2S.ClH/c1-13-7-4-2-3-5-8(7)14-6-9(10)11-12;/h2-5,12H,6H2,1H3,(H2,10,11);1H. The molecule has 0 amide bonds. The van der Waals surface area contributed by atoms with Crippen LogP contribution in [0.5, 0.6) is 5.75 Å². The molecule has 1 rings (SSSR count). The van der Waals surface area contributed by atoms with Crippen molar-refractivity contribution in [2.45, 2.75) is 4.90 Å². The lowest BCUT2D eigenvalue weighted by molar-refractivity contribution is -0.00000411. The first-order chi connectivity index (χ1) is 6.77. The predicted molar refractivity (Wildman–Crippen MR) is 58.2 cm³/mol. The highest BCUT2D eigenvalue weighted by atomic mass is 35.5. The molecule has 0 heterocycles. The summed E-state index contributed by atoms with van der Waals surface area (Å²) in [7, 11) is 1.61. The van der Waals surface area contributed by atoms with Crippen LogP contribution in [0.2, 0.25) is 0 Å². The van der Waals surface area contributed by atoms with E-state index in [1.807, 2.05) is 24.3 Å². The zero-order chi connectivity index (χ0) is 10.4. The first-order valence-corrected chi connectivity index (χ1v) is 4.98. The molecule has 0 atom stereocenters. The minimum absolute atomic E-state index is 0. The SMILES string of the molecule is COc1ccccc1SC/C(N)=N/O.[Cl-].[H+]. The molecule has 84 valence electrons. The smallest absolute Gasteiger partial charge is 1.00 e. The van der Waals surface area contributed by atoms with E-state index >= 15 is 0 Å². The first-order valence-electron chi connectivity index (χ1n) is 4.00. The third kappa shape index (κ3) is 4.31. The van der Waals surface area contributed by atoms with E-state index in [0.717, 1.165) is 10.6 Å². The molecular formula is C9H13ClN2O2S. The largest absolute Gasteiger partial charge is 1.00 e. The van der Waals surface area contributed by atoms with Gasteiger partial charge in [-0.1, -0.05) is 17.3 Å². The number of rotatable bonds is 4. The third-order valence-electron chi connectivity index (χ3n) is 1.57. The molecule has 0 aliphatic heterocycles. The number of methoxy groups -OCH3 is 1. The predicted octanol–water partition coefficient (Wildman–Crippen LogP) is -1.35. The molecule has 0 bridgehead atoms. The number of ether oxygens (including phenoxy) is 1. The maximum absolute atomic E-state index is 8.36. The van der Waals surface area contributed by atoms with Crippen molar-refractivity contribution < 1.29 is 23.8 Å². The number of thioether (sulfide) groups is 1. The highest BCUT2D eigenvalue weighted by Crippen LogP contribution is 2.28. The second-order valence-electron chi connectivity index (χ2n) is 2.53. The van der Waals surface area contributed by atoms with Crippen molar-refractivity contribution in [3.8, 4) is 5.75 Å². The highest BCUT2D eigenvalue weighted by molar-refractivity contribution is 8.00. The van der Waals surface area contributed by atoms with Gasteiger partial charge in [0.15, 0.2) is 0 Å². The minimum Gasteiger partial charge on any atom is -1.00 e. The molecule has 0 saturated heterocycles. The molecule has 0 aliphatic carbocycles. The Kier molecular flexibility index (Phi) is 6.73. The summed E-state index contributed by atoms with van der Waals surface area (Å²) in [6.07, 6.45) is 0. The first kappa shape index (κ1) is 13.9. The van der Waals surface area contributed by atoms with Gasteiger partial charge in [0.1, 0.15) is 11.6 Å². The fourth-order valence-corrected chi connectivity index (χ4v) is 1.75. The van der Waals surface area contributed by atoms with E-state index in [-0.39, 0.29) is 19.7 Å². The Bertz CT molecular complexity index is 339. The van der Waals surface area contributed by atoms with E-state index in [1.54, 1.807) is 7.11 Å². The summed E-state index contributed by atoms with van der Waals surface area (Å²) in [4.78, 5) is 0.974. The number of hydrogen-bond acceptors (Lipinski definition) is 4. The fourth-order valence-electron chi connectivity index (χ4n) is 0.919. The molecule has 0 aliphatic rings. The average molecular weight is 249 g/mol. The summed E-state index contributed by atoms with van der Waals surface area (Å²) in [6, 6.07) is 7.60. The van der Waals surface area contributed by atoms with Crippen molar-refractivity contribution in [1.29, 1.82) is 0 Å². The number of para-hydroxylation sites is 1. The lowest BCUT2D eigenvalue weighted by atomic mass is 10.3. The van der Waals surface area contributed by atoms with E-state index in [9.17, 15) is 0 Å². The zero-order valence-electron chi connectivity index (χ0n) is 9.18. The molecule has 3 N–H and O–H groups in total. The van der Waals surface area contributed by atoms with Gasteiger partial charge in [-0.3, -0.25) is 0 Å². The summed E-state index contributed by atoms with van der Waals surface area (Å²) in [5.74, 6) is 1.43. The Balaban J connectivity index is 0. The average Bonchev–Trinajstić information content (AvgIpc) is 2.26. The van der Waals surface area contributed by atoms with Crippen molar-refractivity contribution in [2.75, 3.05) is 12.9 Å². The van der Waals surface area contributed by atoms with Crippen molar-refractivity contribution in [3.05, 3.63) is 24.3 Å². The Morgan fingerprint density at radius 3 is 2.87 bits per heavy atom. The van der Waals surface area contributed by atoms with E-state index in [2.05, 4.69) is 5.16 Å². The monoisotopic (exact) mass is 248 g/mol.